The molecule has 3 rings (SSSR count). The van der Waals surface area contributed by atoms with E-state index in [-0.39, 0.29) is 17.3 Å². The fraction of sp³-hybridized carbons (Fsp3) is 0.333. The first kappa shape index (κ1) is 18.3. The minimum Gasteiger partial charge on any atom is -0.494 e. The molecule has 1 aromatic carbocycles. The normalized spacial score (nSPS) is 13.6. The molecule has 9 heteroatoms. The number of nitrogens with zero attached hydrogens (tertiary/aromatic N) is 4. The van der Waals surface area contributed by atoms with Gasteiger partial charge in [-0.05, 0) is 18.6 Å². The Balaban J connectivity index is 2.05. The predicted octanol–water partition coefficient (Wildman–Crippen LogP) is 0.835. The molecule has 0 saturated carbocycles. The lowest BCUT2D eigenvalue weighted by atomic mass is 10.2. The van der Waals surface area contributed by atoms with Gasteiger partial charge in [-0.2, -0.15) is 5.26 Å². The summed E-state index contributed by atoms with van der Waals surface area (Å²) >= 11 is 0. The van der Waals surface area contributed by atoms with Gasteiger partial charge in [0.05, 0.1) is 12.8 Å². The van der Waals surface area contributed by atoms with Crippen molar-refractivity contribution in [1.29, 1.82) is 5.26 Å². The molecule has 9 nitrogen and oxygen atoms in total. The number of anilines is 3. The number of aromatic nitrogens is 2. The molecular formula is C18H19N5O4. The number of hydrogen-bond donors (Lipinski definition) is 1. The highest BCUT2D eigenvalue weighted by molar-refractivity contribution is 5.97. The molecule has 1 aromatic heterocycles. The van der Waals surface area contributed by atoms with Crippen LogP contribution in [0.1, 0.15) is 18.4 Å². The number of methoxy groups -OCH3 is 1. The van der Waals surface area contributed by atoms with Crippen LogP contribution in [0.15, 0.2) is 27.8 Å². The summed E-state index contributed by atoms with van der Waals surface area (Å²) in [5.41, 5.74) is -0.217. The van der Waals surface area contributed by atoms with Crippen LogP contribution in [0.3, 0.4) is 0 Å². The van der Waals surface area contributed by atoms with Crippen molar-refractivity contribution in [2.45, 2.75) is 12.8 Å². The minimum absolute atomic E-state index is 0.0368. The van der Waals surface area contributed by atoms with Crippen molar-refractivity contribution < 1.29 is 9.53 Å². The third-order valence-electron chi connectivity index (χ3n) is 4.58. The zero-order chi connectivity index (χ0) is 19.7. The van der Waals surface area contributed by atoms with Crippen LogP contribution in [0.2, 0.25) is 0 Å². The Bertz CT molecular complexity index is 1080. The first-order valence-electron chi connectivity index (χ1n) is 8.34. The maximum Gasteiger partial charge on any atom is 0.332 e. The summed E-state index contributed by atoms with van der Waals surface area (Å²) in [5, 5.41) is 12.3. The van der Waals surface area contributed by atoms with Crippen molar-refractivity contribution >= 4 is 23.1 Å². The Kier molecular flexibility index (Phi) is 4.73. The summed E-state index contributed by atoms with van der Waals surface area (Å²) in [7, 11) is 4.29. The number of carbonyl (C=O) groups excluding carboxylic acids is 1. The third kappa shape index (κ3) is 3.06. The summed E-state index contributed by atoms with van der Waals surface area (Å²) in [6.45, 7) is 0.629. The highest BCUT2D eigenvalue weighted by Gasteiger charge is 2.25. The number of ether oxygens (including phenoxy) is 1. The maximum absolute atomic E-state index is 12.2. The lowest BCUT2D eigenvalue weighted by Gasteiger charge is -2.20. The number of rotatable bonds is 4. The fourth-order valence-corrected chi connectivity index (χ4v) is 3.11. The molecule has 2 heterocycles. The predicted molar refractivity (Wildman–Crippen MR) is 99.5 cm³/mol. The third-order valence-corrected chi connectivity index (χ3v) is 4.58. The lowest BCUT2D eigenvalue weighted by molar-refractivity contribution is -0.117. The van der Waals surface area contributed by atoms with Gasteiger partial charge in [-0.15, -0.1) is 0 Å². The second-order valence-corrected chi connectivity index (χ2v) is 6.20. The molecule has 0 unspecified atom stereocenters. The van der Waals surface area contributed by atoms with E-state index in [9.17, 15) is 19.6 Å². The van der Waals surface area contributed by atoms with E-state index in [0.717, 1.165) is 11.0 Å². The van der Waals surface area contributed by atoms with Gasteiger partial charge in [0.2, 0.25) is 5.91 Å². The van der Waals surface area contributed by atoms with E-state index < -0.39 is 11.2 Å². The average molecular weight is 369 g/mol. The van der Waals surface area contributed by atoms with Gasteiger partial charge in [0, 0.05) is 38.8 Å². The number of nitrogens with one attached hydrogen (secondary N) is 1. The van der Waals surface area contributed by atoms with Crippen LogP contribution < -0.4 is 26.2 Å². The van der Waals surface area contributed by atoms with E-state index in [4.69, 9.17) is 4.74 Å². The molecule has 0 radical (unpaired) electrons. The van der Waals surface area contributed by atoms with E-state index in [1.165, 1.54) is 25.8 Å². The zero-order valence-corrected chi connectivity index (χ0v) is 15.3. The summed E-state index contributed by atoms with van der Waals surface area (Å²) < 4.78 is 7.48. The number of amides is 1. The lowest BCUT2D eigenvalue weighted by Crippen LogP contribution is -2.39. The fourth-order valence-electron chi connectivity index (χ4n) is 3.11. The van der Waals surface area contributed by atoms with Crippen LogP contribution in [-0.2, 0) is 18.9 Å². The zero-order valence-electron chi connectivity index (χ0n) is 15.3. The smallest absolute Gasteiger partial charge is 0.332 e. The van der Waals surface area contributed by atoms with E-state index in [2.05, 4.69) is 5.32 Å². The Labute approximate surface area is 155 Å². The molecule has 140 valence electrons. The van der Waals surface area contributed by atoms with Crippen molar-refractivity contribution in [2.75, 3.05) is 23.9 Å². The van der Waals surface area contributed by atoms with Crippen molar-refractivity contribution in [3.05, 3.63) is 44.6 Å². The number of nitriles is 1. The van der Waals surface area contributed by atoms with Crippen molar-refractivity contribution in [3.8, 4) is 11.8 Å². The van der Waals surface area contributed by atoms with Crippen LogP contribution in [0.5, 0.6) is 5.75 Å². The summed E-state index contributed by atoms with van der Waals surface area (Å²) in [6.07, 6.45) is 1.30. The first-order valence-corrected chi connectivity index (χ1v) is 8.34. The van der Waals surface area contributed by atoms with E-state index in [1.807, 2.05) is 6.07 Å². The number of benzene rings is 1. The molecule has 0 bridgehead atoms. The van der Waals surface area contributed by atoms with Gasteiger partial charge in [0.1, 0.15) is 17.6 Å². The topological polar surface area (TPSA) is 109 Å². The van der Waals surface area contributed by atoms with Gasteiger partial charge in [0.15, 0.2) is 5.56 Å². The Hall–Kier alpha value is -3.54. The SMILES string of the molecule is COc1cc(Nc2c(C#N)c(=O)n(C)c(=O)n2C)ccc1N1CCCC1=O. The van der Waals surface area contributed by atoms with Crippen molar-refractivity contribution in [3.63, 3.8) is 0 Å². The molecule has 27 heavy (non-hydrogen) atoms. The Morgan fingerprint density at radius 3 is 2.52 bits per heavy atom. The van der Waals surface area contributed by atoms with Crippen LogP contribution in [0, 0.1) is 11.3 Å². The standard InChI is InChI=1S/C18H19N5O4/c1-21-16(12(10-19)17(25)22(2)18(21)26)20-11-6-7-13(14(9-11)27-3)23-8-4-5-15(23)24/h6-7,9,20H,4-5,8H2,1-3H3. The summed E-state index contributed by atoms with van der Waals surface area (Å²) in [5.74, 6) is 0.606. The highest BCUT2D eigenvalue weighted by atomic mass is 16.5. The van der Waals surface area contributed by atoms with Gasteiger partial charge >= 0.3 is 5.69 Å². The molecule has 1 saturated heterocycles. The first-order chi connectivity index (χ1) is 12.9. The number of hydrogen-bond acceptors (Lipinski definition) is 6. The highest BCUT2D eigenvalue weighted by Crippen LogP contribution is 2.34. The van der Waals surface area contributed by atoms with Gasteiger partial charge in [-0.3, -0.25) is 18.7 Å². The molecule has 0 atom stereocenters. The van der Waals surface area contributed by atoms with Crippen molar-refractivity contribution in [1.82, 2.24) is 9.13 Å². The summed E-state index contributed by atoms with van der Waals surface area (Å²) in [6, 6.07) is 6.93. The molecule has 1 N–H and O–H groups in total. The molecule has 2 aromatic rings. The van der Waals surface area contributed by atoms with Crippen LogP contribution in [0.25, 0.3) is 0 Å². The molecule has 1 aliphatic rings. The monoisotopic (exact) mass is 369 g/mol. The molecule has 1 aliphatic heterocycles. The quantitative estimate of drug-likeness (QED) is 0.855. The Morgan fingerprint density at radius 1 is 1.19 bits per heavy atom. The molecular weight excluding hydrogens is 350 g/mol. The summed E-state index contributed by atoms with van der Waals surface area (Å²) in [4.78, 5) is 38.0. The molecule has 1 fully saturated rings. The molecule has 1 amide bonds. The van der Waals surface area contributed by atoms with Gasteiger partial charge in [-0.25, -0.2) is 4.79 Å². The van der Waals surface area contributed by atoms with E-state index >= 15 is 0 Å². The minimum atomic E-state index is -0.672. The Morgan fingerprint density at radius 2 is 1.93 bits per heavy atom. The van der Waals surface area contributed by atoms with Crippen molar-refractivity contribution in [2.24, 2.45) is 14.1 Å². The van der Waals surface area contributed by atoms with E-state index in [0.29, 0.717) is 30.1 Å². The van der Waals surface area contributed by atoms with Crippen LogP contribution in [-0.4, -0.2) is 28.7 Å². The van der Waals surface area contributed by atoms with Crippen LogP contribution in [0.4, 0.5) is 17.2 Å². The molecule has 0 aliphatic carbocycles. The second-order valence-electron chi connectivity index (χ2n) is 6.20. The van der Waals surface area contributed by atoms with Gasteiger partial charge < -0.3 is 15.0 Å². The molecule has 0 spiro atoms. The largest absolute Gasteiger partial charge is 0.494 e. The second kappa shape index (κ2) is 6.99. The van der Waals surface area contributed by atoms with Gasteiger partial charge in [-0.1, -0.05) is 0 Å². The maximum atomic E-state index is 12.2. The van der Waals surface area contributed by atoms with E-state index in [1.54, 1.807) is 23.1 Å². The van der Waals surface area contributed by atoms with Crippen LogP contribution >= 0.6 is 0 Å². The average Bonchev–Trinajstić information content (AvgIpc) is 3.10. The number of carbonyl (C=O) groups is 1. The van der Waals surface area contributed by atoms with Gasteiger partial charge in [0.25, 0.3) is 5.56 Å².